The van der Waals surface area contributed by atoms with Crippen molar-refractivity contribution in [1.29, 1.82) is 0 Å². The zero-order chi connectivity index (χ0) is 16.5. The van der Waals surface area contributed by atoms with Crippen LogP contribution in [0.3, 0.4) is 0 Å². The number of benzene rings is 1. The van der Waals surface area contributed by atoms with Gasteiger partial charge in [0.05, 0.1) is 30.2 Å². The molecular formula is C19H19N5. The quantitative estimate of drug-likeness (QED) is 0.745. The average molecular weight is 317 g/mol. The molecule has 0 radical (unpaired) electrons. The third-order valence-corrected chi connectivity index (χ3v) is 4.21. The summed E-state index contributed by atoms with van der Waals surface area (Å²) in [6.45, 7) is 1.64. The maximum absolute atomic E-state index is 4.68. The summed E-state index contributed by atoms with van der Waals surface area (Å²) in [5, 5.41) is 4.68. The maximum Gasteiger partial charge on any atom is 0.0931 e. The Morgan fingerprint density at radius 3 is 2.54 bits per heavy atom. The number of anilines is 1. The van der Waals surface area contributed by atoms with Crippen molar-refractivity contribution in [2.75, 3.05) is 25.5 Å². The second-order valence-electron chi connectivity index (χ2n) is 6.08. The summed E-state index contributed by atoms with van der Waals surface area (Å²) in [6.07, 6.45) is 3.74. The number of rotatable bonds is 3. The second-order valence-corrected chi connectivity index (χ2v) is 6.08. The molecular weight excluding hydrogens is 298 g/mol. The SMILES string of the molecule is CN(C)c1ccc(-c2cc(-c3cc4n(n3)CCN=C4)ccn2)cc1. The Kier molecular flexibility index (Phi) is 3.61. The van der Waals surface area contributed by atoms with Gasteiger partial charge in [0.1, 0.15) is 0 Å². The van der Waals surface area contributed by atoms with E-state index in [1.807, 2.05) is 37.3 Å². The first kappa shape index (κ1) is 14.6. The van der Waals surface area contributed by atoms with Gasteiger partial charge >= 0.3 is 0 Å². The predicted octanol–water partition coefficient (Wildman–Crippen LogP) is 3.11. The van der Waals surface area contributed by atoms with E-state index in [9.17, 15) is 0 Å². The fourth-order valence-corrected chi connectivity index (χ4v) is 2.84. The topological polar surface area (TPSA) is 46.3 Å². The highest BCUT2D eigenvalue weighted by molar-refractivity contribution is 5.81. The van der Waals surface area contributed by atoms with Gasteiger partial charge in [-0.05, 0) is 30.3 Å². The first-order chi connectivity index (χ1) is 11.7. The molecule has 2 aromatic heterocycles. The van der Waals surface area contributed by atoms with Crippen LogP contribution in [-0.4, -0.2) is 41.6 Å². The van der Waals surface area contributed by atoms with Crippen molar-refractivity contribution in [3.8, 4) is 22.5 Å². The smallest absolute Gasteiger partial charge is 0.0931 e. The lowest BCUT2D eigenvalue weighted by Crippen LogP contribution is -2.11. The van der Waals surface area contributed by atoms with E-state index >= 15 is 0 Å². The highest BCUT2D eigenvalue weighted by Crippen LogP contribution is 2.26. The van der Waals surface area contributed by atoms with Crippen LogP contribution in [0.5, 0.6) is 0 Å². The van der Waals surface area contributed by atoms with E-state index < -0.39 is 0 Å². The molecule has 0 bridgehead atoms. The molecule has 0 spiro atoms. The first-order valence-corrected chi connectivity index (χ1v) is 8.02. The molecule has 4 rings (SSSR count). The lowest BCUT2D eigenvalue weighted by atomic mass is 10.1. The molecule has 0 saturated heterocycles. The van der Waals surface area contributed by atoms with E-state index in [0.717, 1.165) is 41.3 Å². The van der Waals surface area contributed by atoms with Gasteiger partial charge in [0, 0.05) is 43.3 Å². The second kappa shape index (κ2) is 5.92. The normalized spacial score (nSPS) is 12.9. The number of hydrogen-bond donors (Lipinski definition) is 0. The van der Waals surface area contributed by atoms with Crippen LogP contribution in [-0.2, 0) is 6.54 Å². The van der Waals surface area contributed by atoms with Crippen molar-refractivity contribution in [2.24, 2.45) is 4.99 Å². The minimum Gasteiger partial charge on any atom is -0.378 e. The zero-order valence-corrected chi connectivity index (χ0v) is 13.8. The minimum absolute atomic E-state index is 0.800. The molecule has 0 amide bonds. The molecule has 24 heavy (non-hydrogen) atoms. The van der Waals surface area contributed by atoms with E-state index in [0.29, 0.717) is 0 Å². The number of hydrogen-bond acceptors (Lipinski definition) is 4. The van der Waals surface area contributed by atoms with Gasteiger partial charge in [0.25, 0.3) is 0 Å². The van der Waals surface area contributed by atoms with Crippen LogP contribution in [0.1, 0.15) is 5.69 Å². The molecule has 0 unspecified atom stereocenters. The molecule has 5 heteroatoms. The minimum atomic E-state index is 0.800. The Bertz CT molecular complexity index is 890. The number of nitrogens with zero attached hydrogens (tertiary/aromatic N) is 5. The molecule has 3 heterocycles. The molecule has 120 valence electrons. The van der Waals surface area contributed by atoms with Crippen molar-refractivity contribution < 1.29 is 0 Å². The Morgan fingerprint density at radius 2 is 1.79 bits per heavy atom. The van der Waals surface area contributed by atoms with Crippen molar-refractivity contribution in [3.05, 3.63) is 54.4 Å². The molecule has 0 fully saturated rings. The summed E-state index contributed by atoms with van der Waals surface area (Å²) >= 11 is 0. The van der Waals surface area contributed by atoms with Crippen LogP contribution < -0.4 is 4.90 Å². The fourth-order valence-electron chi connectivity index (χ4n) is 2.84. The number of aliphatic imine (C=N–C) groups is 1. The molecule has 0 N–H and O–H groups in total. The monoisotopic (exact) mass is 317 g/mol. The summed E-state index contributed by atoms with van der Waals surface area (Å²) < 4.78 is 2.01. The fraction of sp³-hybridized carbons (Fsp3) is 0.211. The Morgan fingerprint density at radius 1 is 0.958 bits per heavy atom. The van der Waals surface area contributed by atoms with Gasteiger partial charge in [0.15, 0.2) is 0 Å². The van der Waals surface area contributed by atoms with Gasteiger partial charge in [-0.2, -0.15) is 5.10 Å². The number of pyridine rings is 1. The molecule has 5 nitrogen and oxygen atoms in total. The molecule has 3 aromatic rings. The van der Waals surface area contributed by atoms with Crippen LogP contribution in [0.15, 0.2) is 53.7 Å². The molecule has 0 atom stereocenters. The highest BCUT2D eigenvalue weighted by atomic mass is 15.3. The van der Waals surface area contributed by atoms with Gasteiger partial charge in [-0.25, -0.2) is 0 Å². The van der Waals surface area contributed by atoms with Crippen LogP contribution in [0.4, 0.5) is 5.69 Å². The van der Waals surface area contributed by atoms with Crippen LogP contribution in [0.25, 0.3) is 22.5 Å². The summed E-state index contributed by atoms with van der Waals surface area (Å²) in [5.74, 6) is 0. The van der Waals surface area contributed by atoms with Crippen LogP contribution >= 0.6 is 0 Å². The number of fused-ring (bicyclic) bond motifs is 1. The molecule has 1 aliphatic rings. The van der Waals surface area contributed by atoms with E-state index in [-0.39, 0.29) is 0 Å². The van der Waals surface area contributed by atoms with Crippen molar-refractivity contribution >= 4 is 11.9 Å². The lowest BCUT2D eigenvalue weighted by molar-refractivity contribution is 0.612. The van der Waals surface area contributed by atoms with E-state index in [2.05, 4.69) is 56.4 Å². The van der Waals surface area contributed by atoms with Gasteiger partial charge in [-0.3, -0.25) is 14.7 Å². The summed E-state index contributed by atoms with van der Waals surface area (Å²) in [7, 11) is 4.08. The molecule has 1 aliphatic heterocycles. The molecule has 1 aromatic carbocycles. The van der Waals surface area contributed by atoms with Gasteiger partial charge in [0.2, 0.25) is 0 Å². The standard InChI is InChI=1S/C19H19N5/c1-23(2)16-5-3-14(4-6-16)18-11-15(7-8-21-18)19-12-17-13-20-9-10-24(17)22-19/h3-8,11-13H,9-10H2,1-2H3. The van der Waals surface area contributed by atoms with Gasteiger partial charge in [-0.1, -0.05) is 12.1 Å². The van der Waals surface area contributed by atoms with Gasteiger partial charge < -0.3 is 4.90 Å². The Hall–Kier alpha value is -2.95. The third kappa shape index (κ3) is 2.69. The van der Waals surface area contributed by atoms with E-state index in [1.165, 1.54) is 5.69 Å². The summed E-state index contributed by atoms with van der Waals surface area (Å²) in [6, 6.07) is 14.6. The van der Waals surface area contributed by atoms with E-state index in [1.54, 1.807) is 0 Å². The maximum atomic E-state index is 4.68. The van der Waals surface area contributed by atoms with Gasteiger partial charge in [-0.15, -0.1) is 0 Å². The summed E-state index contributed by atoms with van der Waals surface area (Å²) in [5.41, 5.74) is 6.34. The molecule has 0 saturated carbocycles. The summed E-state index contributed by atoms with van der Waals surface area (Å²) in [4.78, 5) is 10.9. The van der Waals surface area contributed by atoms with Crippen molar-refractivity contribution in [3.63, 3.8) is 0 Å². The average Bonchev–Trinajstić information content (AvgIpc) is 3.06. The number of aromatic nitrogens is 3. The Labute approximate surface area is 141 Å². The predicted molar refractivity (Wildman–Crippen MR) is 97.7 cm³/mol. The van der Waals surface area contributed by atoms with Crippen LogP contribution in [0.2, 0.25) is 0 Å². The van der Waals surface area contributed by atoms with Crippen molar-refractivity contribution in [2.45, 2.75) is 6.54 Å². The highest BCUT2D eigenvalue weighted by Gasteiger charge is 2.11. The van der Waals surface area contributed by atoms with Crippen LogP contribution in [0, 0.1) is 0 Å². The lowest BCUT2D eigenvalue weighted by Gasteiger charge is -2.12. The third-order valence-electron chi connectivity index (χ3n) is 4.21. The van der Waals surface area contributed by atoms with Crippen molar-refractivity contribution in [1.82, 2.24) is 14.8 Å². The zero-order valence-electron chi connectivity index (χ0n) is 13.8. The molecule has 0 aliphatic carbocycles. The Balaban J connectivity index is 1.68. The van der Waals surface area contributed by atoms with E-state index in [4.69, 9.17) is 0 Å². The first-order valence-electron chi connectivity index (χ1n) is 8.02. The largest absolute Gasteiger partial charge is 0.378 e.